The smallest absolute Gasteiger partial charge is 0.211 e. The zero-order valence-corrected chi connectivity index (χ0v) is 7.17. The summed E-state index contributed by atoms with van der Waals surface area (Å²) in [6.07, 6.45) is 3.59. The molecule has 0 aliphatic heterocycles. The van der Waals surface area contributed by atoms with Crippen LogP contribution in [0.5, 0.6) is 0 Å². The minimum Gasteiger partial charge on any atom is -0.492 e. The van der Waals surface area contributed by atoms with E-state index >= 15 is 0 Å². The molecule has 0 atom stereocenters. The summed E-state index contributed by atoms with van der Waals surface area (Å²) >= 11 is 0. The molecule has 0 aromatic rings. The number of ether oxygens (including phenoxy) is 1. The maximum atomic E-state index is 10.1. The number of carbonyl (C=O) groups excluding carboxylic acids is 1. The van der Waals surface area contributed by atoms with Crippen molar-refractivity contribution in [3.63, 3.8) is 0 Å². The Balaban J connectivity index is 4.58. The fourth-order valence-corrected chi connectivity index (χ4v) is 0.696. The third-order valence-electron chi connectivity index (χ3n) is 1.17. The van der Waals surface area contributed by atoms with Crippen LogP contribution < -0.4 is 5.32 Å². The second kappa shape index (κ2) is 6.22. The number of amides is 1. The number of hydrogen-bond acceptors (Lipinski definition) is 2. The van der Waals surface area contributed by atoms with Crippen LogP contribution in [0.3, 0.4) is 0 Å². The predicted molar refractivity (Wildman–Crippen MR) is 48.2 cm³/mol. The normalized spacial score (nSPS) is 11.1. The highest BCUT2D eigenvalue weighted by atomic mass is 16.5. The van der Waals surface area contributed by atoms with Crippen LogP contribution in [0, 0.1) is 0 Å². The summed E-state index contributed by atoms with van der Waals surface area (Å²) in [6.45, 7) is 9.45. The summed E-state index contributed by atoms with van der Waals surface area (Å²) in [5.74, 6) is 0.527. The van der Waals surface area contributed by atoms with Gasteiger partial charge in [-0.3, -0.25) is 4.79 Å². The summed E-state index contributed by atoms with van der Waals surface area (Å²) in [7, 11) is 0. The Morgan fingerprint density at radius 3 is 2.50 bits per heavy atom. The lowest BCUT2D eigenvalue weighted by atomic mass is 10.3. The first kappa shape index (κ1) is 10.5. The van der Waals surface area contributed by atoms with Gasteiger partial charge >= 0.3 is 0 Å². The van der Waals surface area contributed by atoms with Gasteiger partial charge in [0.1, 0.15) is 5.76 Å². The van der Waals surface area contributed by atoms with Crippen LogP contribution in [-0.2, 0) is 9.53 Å². The average Bonchev–Trinajstić information content (AvgIpc) is 2.11. The van der Waals surface area contributed by atoms with Crippen molar-refractivity contribution in [3.8, 4) is 0 Å². The molecule has 0 heterocycles. The van der Waals surface area contributed by atoms with Crippen molar-refractivity contribution in [1.29, 1.82) is 0 Å². The number of hydrogen-bond donors (Lipinski definition) is 1. The van der Waals surface area contributed by atoms with Crippen LogP contribution in [0.4, 0.5) is 0 Å². The van der Waals surface area contributed by atoms with E-state index in [9.17, 15) is 4.79 Å². The van der Waals surface area contributed by atoms with Crippen molar-refractivity contribution in [1.82, 2.24) is 5.32 Å². The molecule has 1 N–H and O–H groups in total. The highest BCUT2D eigenvalue weighted by Gasteiger charge is 1.98. The van der Waals surface area contributed by atoms with Gasteiger partial charge in [0.15, 0.2) is 0 Å². The van der Waals surface area contributed by atoms with E-state index in [1.165, 1.54) is 12.2 Å². The fraction of sp³-hybridized carbons (Fsp3) is 0.222. The molecule has 0 saturated carbocycles. The Morgan fingerprint density at radius 2 is 2.17 bits per heavy atom. The van der Waals surface area contributed by atoms with Gasteiger partial charge in [0, 0.05) is 0 Å². The molecule has 3 heteroatoms. The molecule has 0 fully saturated rings. The van der Waals surface area contributed by atoms with Gasteiger partial charge < -0.3 is 10.1 Å². The first-order valence-electron chi connectivity index (χ1n) is 3.62. The molecule has 0 rings (SSSR count). The van der Waals surface area contributed by atoms with Crippen LogP contribution in [0.2, 0.25) is 0 Å². The second-order valence-electron chi connectivity index (χ2n) is 1.88. The first-order valence-corrected chi connectivity index (χ1v) is 3.62. The lowest BCUT2D eigenvalue weighted by Gasteiger charge is -2.07. The van der Waals surface area contributed by atoms with Crippen molar-refractivity contribution in [2.24, 2.45) is 0 Å². The maximum Gasteiger partial charge on any atom is 0.211 e. The summed E-state index contributed by atoms with van der Waals surface area (Å²) < 4.78 is 5.17. The Hall–Kier alpha value is -1.51. The average molecular weight is 167 g/mol. The standard InChI is InChI=1S/C9H13NO2/c1-4-8(10-7-11)9(5-2)12-6-3/h4-5,7H,1-2,6H2,3H3,(H,10,11)/b9-8-. The molecular formula is C9H13NO2. The van der Waals surface area contributed by atoms with Crippen molar-refractivity contribution >= 4 is 6.41 Å². The van der Waals surface area contributed by atoms with E-state index in [1.54, 1.807) is 0 Å². The van der Waals surface area contributed by atoms with Crippen molar-refractivity contribution < 1.29 is 9.53 Å². The topological polar surface area (TPSA) is 38.3 Å². The molecule has 0 radical (unpaired) electrons. The number of carbonyl (C=O) groups is 1. The lowest BCUT2D eigenvalue weighted by Crippen LogP contribution is -2.11. The SMILES string of the molecule is C=C/C(NC=O)=C(\C=C)OCC. The summed E-state index contributed by atoms with van der Waals surface area (Å²) in [4.78, 5) is 10.1. The number of rotatable bonds is 6. The summed E-state index contributed by atoms with van der Waals surface area (Å²) in [5.41, 5.74) is 0.529. The molecule has 0 aliphatic carbocycles. The van der Waals surface area contributed by atoms with E-state index in [-0.39, 0.29) is 0 Å². The van der Waals surface area contributed by atoms with Crippen LogP contribution in [0.25, 0.3) is 0 Å². The van der Waals surface area contributed by atoms with Gasteiger partial charge in [0.2, 0.25) is 6.41 Å². The molecule has 1 amide bonds. The van der Waals surface area contributed by atoms with Crippen molar-refractivity contribution in [2.75, 3.05) is 6.61 Å². The summed E-state index contributed by atoms with van der Waals surface area (Å²) in [6, 6.07) is 0. The molecule has 0 spiro atoms. The largest absolute Gasteiger partial charge is 0.492 e. The molecule has 0 aliphatic rings. The number of allylic oxidation sites excluding steroid dienone is 2. The van der Waals surface area contributed by atoms with Crippen LogP contribution in [0.1, 0.15) is 6.92 Å². The third-order valence-corrected chi connectivity index (χ3v) is 1.17. The van der Waals surface area contributed by atoms with Crippen LogP contribution in [-0.4, -0.2) is 13.0 Å². The molecular weight excluding hydrogens is 154 g/mol. The Kier molecular flexibility index (Phi) is 5.43. The minimum absolute atomic E-state index is 0.527. The van der Waals surface area contributed by atoms with Gasteiger partial charge in [0.25, 0.3) is 0 Å². The number of nitrogens with one attached hydrogen (secondary N) is 1. The van der Waals surface area contributed by atoms with Crippen molar-refractivity contribution in [3.05, 3.63) is 36.8 Å². The Morgan fingerprint density at radius 1 is 1.50 bits per heavy atom. The molecule has 66 valence electrons. The fourth-order valence-electron chi connectivity index (χ4n) is 0.696. The maximum absolute atomic E-state index is 10.1. The Bertz CT molecular complexity index is 207. The minimum atomic E-state index is 0.527. The first-order chi connectivity index (χ1) is 5.79. The summed E-state index contributed by atoms with van der Waals surface area (Å²) in [5, 5.41) is 2.45. The van der Waals surface area contributed by atoms with Gasteiger partial charge in [-0.05, 0) is 19.1 Å². The van der Waals surface area contributed by atoms with Crippen LogP contribution >= 0.6 is 0 Å². The van der Waals surface area contributed by atoms with E-state index in [4.69, 9.17) is 4.74 Å². The van der Waals surface area contributed by atoms with Gasteiger partial charge in [0.05, 0.1) is 12.3 Å². The zero-order valence-electron chi connectivity index (χ0n) is 7.17. The lowest BCUT2D eigenvalue weighted by molar-refractivity contribution is -0.108. The molecule has 0 aromatic carbocycles. The molecule has 0 saturated heterocycles. The molecule has 3 nitrogen and oxygen atoms in total. The van der Waals surface area contributed by atoms with Gasteiger partial charge in [-0.2, -0.15) is 0 Å². The van der Waals surface area contributed by atoms with Gasteiger partial charge in [-0.15, -0.1) is 0 Å². The Labute approximate surface area is 72.4 Å². The van der Waals surface area contributed by atoms with Crippen LogP contribution in [0.15, 0.2) is 36.8 Å². The molecule has 12 heavy (non-hydrogen) atoms. The quantitative estimate of drug-likeness (QED) is 0.368. The van der Waals surface area contributed by atoms with Gasteiger partial charge in [-0.1, -0.05) is 13.2 Å². The van der Waals surface area contributed by atoms with Crippen molar-refractivity contribution in [2.45, 2.75) is 6.92 Å². The van der Waals surface area contributed by atoms with E-state index in [1.807, 2.05) is 6.92 Å². The monoisotopic (exact) mass is 167 g/mol. The highest BCUT2D eigenvalue weighted by molar-refractivity contribution is 5.52. The van der Waals surface area contributed by atoms with E-state index < -0.39 is 0 Å². The van der Waals surface area contributed by atoms with E-state index in [2.05, 4.69) is 18.5 Å². The second-order valence-corrected chi connectivity index (χ2v) is 1.88. The highest BCUT2D eigenvalue weighted by Crippen LogP contribution is 2.04. The van der Waals surface area contributed by atoms with Gasteiger partial charge in [-0.25, -0.2) is 0 Å². The van der Waals surface area contributed by atoms with E-state index in [0.717, 1.165) is 0 Å². The third kappa shape index (κ3) is 3.05. The molecule has 0 unspecified atom stereocenters. The molecule has 0 bridgehead atoms. The van der Waals surface area contributed by atoms with E-state index in [0.29, 0.717) is 24.5 Å². The molecule has 0 aromatic heterocycles. The predicted octanol–water partition coefficient (Wildman–Crippen LogP) is 1.35. The zero-order chi connectivity index (χ0) is 9.40.